The van der Waals surface area contributed by atoms with Gasteiger partial charge in [-0.2, -0.15) is 5.26 Å². The largest absolute Gasteiger partial charge is 0.387 e. The number of ketones is 1. The van der Waals surface area contributed by atoms with Crippen LogP contribution in [0.4, 0.5) is 0 Å². The van der Waals surface area contributed by atoms with Crippen molar-refractivity contribution < 1.29 is 9.90 Å². The lowest BCUT2D eigenvalue weighted by atomic mass is 10.1. The molecule has 12 heavy (non-hydrogen) atoms. The molecule has 1 unspecified atom stereocenters. The predicted molar refractivity (Wildman–Crippen MR) is 43.2 cm³/mol. The first-order valence-corrected chi connectivity index (χ1v) is 4.05. The fourth-order valence-corrected chi connectivity index (χ4v) is 1.42. The first-order valence-electron chi connectivity index (χ1n) is 4.05. The van der Waals surface area contributed by atoms with E-state index in [1.165, 1.54) is 0 Å². The van der Waals surface area contributed by atoms with Crippen LogP contribution in [0.5, 0.6) is 0 Å². The van der Waals surface area contributed by atoms with Gasteiger partial charge < -0.3 is 5.11 Å². The van der Waals surface area contributed by atoms with Crippen LogP contribution >= 0.6 is 0 Å². The molecular weight excluding hydrogens is 154 g/mol. The summed E-state index contributed by atoms with van der Waals surface area (Å²) in [7, 11) is 0. The number of carbonyl (C=O) groups is 1. The average Bonchev–Trinajstić information content (AvgIpc) is 2.28. The molecule has 3 nitrogen and oxygen atoms in total. The van der Waals surface area contributed by atoms with Crippen LogP contribution in [0, 0.1) is 11.3 Å². The maximum atomic E-state index is 11.2. The van der Waals surface area contributed by atoms with Gasteiger partial charge in [-0.15, -0.1) is 0 Å². The number of allylic oxidation sites excluding steroid dienone is 1. The summed E-state index contributed by atoms with van der Waals surface area (Å²) in [5.41, 5.74) is 0.814. The third kappa shape index (κ3) is 1.39. The van der Waals surface area contributed by atoms with Gasteiger partial charge in [0.25, 0.3) is 0 Å². The van der Waals surface area contributed by atoms with Gasteiger partial charge in [0, 0.05) is 12.0 Å². The number of Topliss-reactive ketones (excluding diaryl/α,β-unsaturated/α-hetero) is 1. The molecule has 0 amide bonds. The van der Waals surface area contributed by atoms with Crippen molar-refractivity contribution in [2.75, 3.05) is 0 Å². The van der Waals surface area contributed by atoms with Crippen molar-refractivity contribution in [2.45, 2.75) is 32.3 Å². The molecule has 3 heteroatoms. The zero-order valence-corrected chi connectivity index (χ0v) is 7.00. The normalized spacial score (nSPS) is 23.1. The van der Waals surface area contributed by atoms with E-state index in [0.29, 0.717) is 12.0 Å². The Bertz CT molecular complexity index is 273. The van der Waals surface area contributed by atoms with E-state index < -0.39 is 6.10 Å². The minimum Gasteiger partial charge on any atom is -0.387 e. The second-order valence-electron chi connectivity index (χ2n) is 2.90. The summed E-state index contributed by atoms with van der Waals surface area (Å²) in [6.45, 7) is 1.94. The molecule has 0 radical (unpaired) electrons. The van der Waals surface area contributed by atoms with E-state index in [0.717, 1.165) is 6.42 Å². The lowest BCUT2D eigenvalue weighted by Gasteiger charge is -1.97. The second kappa shape index (κ2) is 3.51. The summed E-state index contributed by atoms with van der Waals surface area (Å²) < 4.78 is 0. The Kier molecular flexibility index (Phi) is 2.61. The molecule has 1 aliphatic rings. The molecule has 0 aromatic heterocycles. The molecule has 0 saturated heterocycles. The monoisotopic (exact) mass is 165 g/mol. The van der Waals surface area contributed by atoms with Gasteiger partial charge in [0.15, 0.2) is 5.78 Å². The summed E-state index contributed by atoms with van der Waals surface area (Å²) in [6.07, 6.45) is 0.694. The summed E-state index contributed by atoms with van der Waals surface area (Å²) in [5, 5.41) is 17.9. The molecule has 0 aromatic carbocycles. The standard InChI is InChI=1S/C9H11NO2/c1-2-3-6-7(5-10)9(12)4-8(6)11/h9,12H,2-4H2,1H3. The summed E-state index contributed by atoms with van der Waals surface area (Å²) in [5.74, 6) is -0.0686. The van der Waals surface area contributed by atoms with Crippen LogP contribution < -0.4 is 0 Å². The van der Waals surface area contributed by atoms with Crippen molar-refractivity contribution in [1.82, 2.24) is 0 Å². The van der Waals surface area contributed by atoms with Crippen LogP contribution in [-0.2, 0) is 4.79 Å². The Morgan fingerprint density at radius 2 is 2.42 bits per heavy atom. The maximum Gasteiger partial charge on any atom is 0.162 e. The fraction of sp³-hybridized carbons (Fsp3) is 0.556. The zero-order chi connectivity index (χ0) is 9.14. The topological polar surface area (TPSA) is 61.1 Å². The van der Waals surface area contributed by atoms with Gasteiger partial charge in [-0.05, 0) is 6.42 Å². The smallest absolute Gasteiger partial charge is 0.162 e. The summed E-state index contributed by atoms with van der Waals surface area (Å²) in [6, 6.07) is 1.89. The van der Waals surface area contributed by atoms with Gasteiger partial charge in [-0.25, -0.2) is 0 Å². The highest BCUT2D eigenvalue weighted by Gasteiger charge is 2.29. The van der Waals surface area contributed by atoms with E-state index in [1.807, 2.05) is 13.0 Å². The Hall–Kier alpha value is -1.14. The molecule has 1 rings (SSSR count). The number of aliphatic hydroxyl groups excluding tert-OH is 1. The molecule has 0 aliphatic heterocycles. The summed E-state index contributed by atoms with van der Waals surface area (Å²) >= 11 is 0. The fourth-order valence-electron chi connectivity index (χ4n) is 1.42. The first-order chi connectivity index (χ1) is 5.70. The molecule has 0 fully saturated rings. The molecule has 1 atom stereocenters. The van der Waals surface area contributed by atoms with Crippen molar-refractivity contribution >= 4 is 5.78 Å². The number of aliphatic hydroxyl groups is 1. The third-order valence-electron chi connectivity index (χ3n) is 1.99. The molecule has 1 N–H and O–H groups in total. The van der Waals surface area contributed by atoms with Gasteiger partial charge in [-0.1, -0.05) is 13.3 Å². The van der Waals surface area contributed by atoms with Gasteiger partial charge in [0.1, 0.15) is 0 Å². The Morgan fingerprint density at radius 1 is 1.75 bits per heavy atom. The number of nitriles is 1. The predicted octanol–water partition coefficient (Wildman–Crippen LogP) is 0.940. The van der Waals surface area contributed by atoms with Crippen LogP contribution in [0.3, 0.4) is 0 Å². The third-order valence-corrected chi connectivity index (χ3v) is 1.99. The van der Waals surface area contributed by atoms with Crippen molar-refractivity contribution in [3.63, 3.8) is 0 Å². The second-order valence-corrected chi connectivity index (χ2v) is 2.90. The zero-order valence-electron chi connectivity index (χ0n) is 7.00. The molecular formula is C9H11NO2. The number of hydrogen-bond donors (Lipinski definition) is 1. The number of nitrogens with zero attached hydrogens (tertiary/aromatic N) is 1. The van der Waals surface area contributed by atoms with E-state index in [4.69, 9.17) is 5.26 Å². The summed E-state index contributed by atoms with van der Waals surface area (Å²) in [4.78, 5) is 11.2. The average molecular weight is 165 g/mol. The van der Waals surface area contributed by atoms with Crippen LogP contribution in [0.15, 0.2) is 11.1 Å². The van der Waals surface area contributed by atoms with Crippen LogP contribution in [0.25, 0.3) is 0 Å². The van der Waals surface area contributed by atoms with Crippen molar-refractivity contribution in [3.05, 3.63) is 11.1 Å². The molecule has 0 saturated carbocycles. The number of rotatable bonds is 2. The van der Waals surface area contributed by atoms with Crippen molar-refractivity contribution in [1.29, 1.82) is 5.26 Å². The lowest BCUT2D eigenvalue weighted by molar-refractivity contribution is -0.115. The van der Waals surface area contributed by atoms with Crippen LogP contribution in [0.1, 0.15) is 26.2 Å². The van der Waals surface area contributed by atoms with E-state index in [1.54, 1.807) is 0 Å². The van der Waals surface area contributed by atoms with Gasteiger partial charge in [0.2, 0.25) is 0 Å². The highest BCUT2D eigenvalue weighted by Crippen LogP contribution is 2.26. The molecule has 0 aromatic rings. The maximum absolute atomic E-state index is 11.2. The SMILES string of the molecule is CCCC1=C(C#N)C(O)CC1=O. The molecule has 64 valence electrons. The Balaban J connectivity index is 2.95. The van der Waals surface area contributed by atoms with Crippen molar-refractivity contribution in [2.24, 2.45) is 0 Å². The number of carbonyl (C=O) groups excluding carboxylic acids is 1. The van der Waals surface area contributed by atoms with E-state index >= 15 is 0 Å². The van der Waals surface area contributed by atoms with Gasteiger partial charge >= 0.3 is 0 Å². The first kappa shape index (κ1) is 8.95. The van der Waals surface area contributed by atoms with Crippen molar-refractivity contribution in [3.8, 4) is 6.07 Å². The molecule has 0 heterocycles. The lowest BCUT2D eigenvalue weighted by Crippen LogP contribution is -2.04. The molecule has 0 spiro atoms. The highest BCUT2D eigenvalue weighted by molar-refractivity contribution is 6.00. The minimum atomic E-state index is -0.843. The minimum absolute atomic E-state index is 0.0686. The van der Waals surface area contributed by atoms with E-state index in [9.17, 15) is 9.90 Å². The quantitative estimate of drug-likeness (QED) is 0.662. The van der Waals surface area contributed by atoms with Crippen LogP contribution in [0.2, 0.25) is 0 Å². The van der Waals surface area contributed by atoms with E-state index in [2.05, 4.69) is 0 Å². The Morgan fingerprint density at radius 3 is 2.92 bits per heavy atom. The Labute approximate surface area is 71.3 Å². The number of hydrogen-bond acceptors (Lipinski definition) is 3. The highest BCUT2D eigenvalue weighted by atomic mass is 16.3. The van der Waals surface area contributed by atoms with Gasteiger partial charge in [-0.3, -0.25) is 4.79 Å². The molecule has 0 bridgehead atoms. The van der Waals surface area contributed by atoms with E-state index in [-0.39, 0.29) is 17.8 Å². The van der Waals surface area contributed by atoms with Crippen LogP contribution in [-0.4, -0.2) is 17.0 Å². The molecule has 1 aliphatic carbocycles. The van der Waals surface area contributed by atoms with Gasteiger partial charge in [0.05, 0.1) is 17.7 Å².